The van der Waals surface area contributed by atoms with Crippen LogP contribution in [0.3, 0.4) is 0 Å². The van der Waals surface area contributed by atoms with Crippen LogP contribution >= 0.6 is 0 Å². The van der Waals surface area contributed by atoms with Crippen LogP contribution in [0.15, 0.2) is 78.9 Å². The Balaban J connectivity index is 1.41. The first-order valence-electron chi connectivity index (χ1n) is 10.2. The summed E-state index contributed by atoms with van der Waals surface area (Å²) < 4.78 is 4.89. The van der Waals surface area contributed by atoms with Gasteiger partial charge in [-0.25, -0.2) is 0 Å². The Morgan fingerprint density at radius 2 is 1.30 bits per heavy atom. The summed E-state index contributed by atoms with van der Waals surface area (Å²) in [6.07, 6.45) is 0. The average molecular weight is 445 g/mol. The van der Waals surface area contributed by atoms with Gasteiger partial charge in [0.2, 0.25) is 0 Å². The highest BCUT2D eigenvalue weighted by Gasteiger charge is 2.12. The summed E-state index contributed by atoms with van der Waals surface area (Å²) in [4.78, 5) is 47.6. The van der Waals surface area contributed by atoms with E-state index in [0.29, 0.717) is 16.8 Å². The quantitative estimate of drug-likeness (QED) is 0.461. The fraction of sp³-hybridized carbons (Fsp3) is 0.120. The summed E-state index contributed by atoms with van der Waals surface area (Å²) >= 11 is 0. The van der Waals surface area contributed by atoms with Gasteiger partial charge in [0.25, 0.3) is 17.7 Å². The molecule has 0 saturated carbocycles. The smallest absolute Gasteiger partial charge is 0.325 e. The average Bonchev–Trinajstić information content (AvgIpc) is 2.86. The fourth-order valence-electron chi connectivity index (χ4n) is 2.94. The first kappa shape index (κ1) is 23.2. The number of amides is 3. The molecule has 0 saturated heterocycles. The topological polar surface area (TPSA) is 114 Å². The molecule has 8 heteroatoms. The third kappa shape index (κ3) is 6.76. The number of carbonyl (C=O) groups excluding carboxylic acids is 4. The summed E-state index contributed by atoms with van der Waals surface area (Å²) in [5, 5.41) is 7.53. The number of hydrogen-bond acceptors (Lipinski definition) is 5. The van der Waals surface area contributed by atoms with Gasteiger partial charge < -0.3 is 20.7 Å². The van der Waals surface area contributed by atoms with Crippen LogP contribution in [0.1, 0.15) is 20.7 Å². The van der Waals surface area contributed by atoms with Gasteiger partial charge >= 0.3 is 5.97 Å². The highest BCUT2D eigenvalue weighted by atomic mass is 16.5. The molecule has 0 radical (unpaired) electrons. The molecule has 0 bridgehead atoms. The lowest BCUT2D eigenvalue weighted by molar-refractivity contribution is -0.146. The molecule has 0 aromatic heterocycles. The molecule has 168 valence electrons. The SMILES string of the molecule is CNC(=O)c1ccc(NC(=O)COC(=O)CNC(=O)c2ccc(-c3ccccc3)cc2)cc1. The Bertz CT molecular complexity index is 1130. The molecule has 0 fully saturated rings. The van der Waals surface area contributed by atoms with Crippen molar-refractivity contribution in [3.8, 4) is 11.1 Å². The monoisotopic (exact) mass is 445 g/mol. The lowest BCUT2D eigenvalue weighted by atomic mass is 10.0. The molecule has 0 atom stereocenters. The number of ether oxygens (including phenoxy) is 1. The molecule has 3 N–H and O–H groups in total. The number of carbonyl (C=O) groups is 4. The second-order valence-electron chi connectivity index (χ2n) is 6.99. The Morgan fingerprint density at radius 3 is 1.94 bits per heavy atom. The van der Waals surface area contributed by atoms with E-state index in [0.717, 1.165) is 11.1 Å². The van der Waals surface area contributed by atoms with E-state index in [4.69, 9.17) is 4.74 Å². The maximum absolute atomic E-state index is 12.2. The van der Waals surface area contributed by atoms with E-state index in [9.17, 15) is 19.2 Å². The van der Waals surface area contributed by atoms with E-state index in [1.165, 1.54) is 7.05 Å². The minimum Gasteiger partial charge on any atom is -0.454 e. The van der Waals surface area contributed by atoms with E-state index >= 15 is 0 Å². The molecule has 0 aliphatic heterocycles. The fourth-order valence-corrected chi connectivity index (χ4v) is 2.94. The predicted molar refractivity (Wildman–Crippen MR) is 124 cm³/mol. The van der Waals surface area contributed by atoms with E-state index in [2.05, 4.69) is 16.0 Å². The van der Waals surface area contributed by atoms with Crippen molar-refractivity contribution in [1.82, 2.24) is 10.6 Å². The normalized spacial score (nSPS) is 10.1. The molecule has 0 unspecified atom stereocenters. The molecular weight excluding hydrogens is 422 g/mol. The first-order chi connectivity index (χ1) is 16.0. The number of anilines is 1. The van der Waals surface area contributed by atoms with E-state index in [-0.39, 0.29) is 12.5 Å². The third-order valence-electron chi connectivity index (χ3n) is 4.67. The summed E-state index contributed by atoms with van der Waals surface area (Å²) in [5.74, 6) is -1.95. The summed E-state index contributed by atoms with van der Waals surface area (Å²) in [7, 11) is 1.52. The zero-order chi connectivity index (χ0) is 23.6. The predicted octanol–water partition coefficient (Wildman–Crippen LogP) is 2.62. The summed E-state index contributed by atoms with van der Waals surface area (Å²) in [6, 6.07) is 23.0. The minimum atomic E-state index is -0.741. The molecule has 3 rings (SSSR count). The van der Waals surface area contributed by atoms with Crippen molar-refractivity contribution in [3.05, 3.63) is 90.0 Å². The van der Waals surface area contributed by atoms with Crippen molar-refractivity contribution in [2.45, 2.75) is 0 Å². The molecule has 0 spiro atoms. The molecule has 3 aromatic carbocycles. The van der Waals surface area contributed by atoms with Crippen molar-refractivity contribution in [3.63, 3.8) is 0 Å². The van der Waals surface area contributed by atoms with Gasteiger partial charge in [0, 0.05) is 23.9 Å². The molecule has 8 nitrogen and oxygen atoms in total. The number of nitrogens with one attached hydrogen (secondary N) is 3. The Morgan fingerprint density at radius 1 is 0.727 bits per heavy atom. The van der Waals surface area contributed by atoms with Crippen LogP contribution in [-0.4, -0.2) is 43.9 Å². The maximum atomic E-state index is 12.2. The van der Waals surface area contributed by atoms with Crippen LogP contribution in [0.2, 0.25) is 0 Å². The maximum Gasteiger partial charge on any atom is 0.325 e. The number of benzene rings is 3. The van der Waals surface area contributed by atoms with E-state index in [1.54, 1.807) is 36.4 Å². The van der Waals surface area contributed by atoms with Crippen molar-refractivity contribution >= 4 is 29.4 Å². The molecule has 3 aromatic rings. The van der Waals surface area contributed by atoms with Gasteiger partial charge in [-0.3, -0.25) is 19.2 Å². The Hall–Kier alpha value is -4.46. The van der Waals surface area contributed by atoms with E-state index < -0.39 is 24.4 Å². The second-order valence-corrected chi connectivity index (χ2v) is 6.99. The molecule has 3 amide bonds. The van der Waals surface area contributed by atoms with Crippen molar-refractivity contribution in [2.24, 2.45) is 0 Å². The van der Waals surface area contributed by atoms with Crippen molar-refractivity contribution < 1.29 is 23.9 Å². The molecule has 33 heavy (non-hydrogen) atoms. The van der Waals surface area contributed by atoms with Crippen LogP contribution in [0, 0.1) is 0 Å². The molecule has 0 aliphatic rings. The van der Waals surface area contributed by atoms with Gasteiger partial charge in [-0.1, -0.05) is 42.5 Å². The van der Waals surface area contributed by atoms with Crippen molar-refractivity contribution in [2.75, 3.05) is 25.5 Å². The lowest BCUT2D eigenvalue weighted by Crippen LogP contribution is -2.32. The summed E-state index contributed by atoms with van der Waals surface area (Å²) in [5.41, 5.74) is 3.32. The first-order valence-corrected chi connectivity index (χ1v) is 10.2. The number of rotatable bonds is 8. The van der Waals surface area contributed by atoms with Crippen LogP contribution < -0.4 is 16.0 Å². The van der Waals surface area contributed by atoms with Gasteiger partial charge in [-0.15, -0.1) is 0 Å². The Labute approximate surface area is 191 Å². The third-order valence-corrected chi connectivity index (χ3v) is 4.67. The highest BCUT2D eigenvalue weighted by molar-refractivity contribution is 5.97. The standard InChI is InChI=1S/C25H23N3O5/c1-26-24(31)19-11-13-21(14-12-19)28-22(29)16-33-23(30)15-27-25(32)20-9-7-18(8-10-20)17-5-3-2-4-6-17/h2-14H,15-16H2,1H3,(H,26,31)(H,27,32)(H,28,29). The largest absolute Gasteiger partial charge is 0.454 e. The zero-order valence-corrected chi connectivity index (χ0v) is 18.0. The van der Waals surface area contributed by atoms with Gasteiger partial charge in [0.05, 0.1) is 0 Å². The van der Waals surface area contributed by atoms with Gasteiger partial charge in [-0.2, -0.15) is 0 Å². The second kappa shape index (κ2) is 11.2. The Kier molecular flexibility index (Phi) is 7.91. The van der Waals surface area contributed by atoms with Crippen LogP contribution in [0.25, 0.3) is 11.1 Å². The van der Waals surface area contributed by atoms with Gasteiger partial charge in [0.15, 0.2) is 6.61 Å². The molecule has 0 heterocycles. The van der Waals surface area contributed by atoms with Crippen LogP contribution in [0.5, 0.6) is 0 Å². The van der Waals surface area contributed by atoms with Crippen molar-refractivity contribution in [1.29, 1.82) is 0 Å². The van der Waals surface area contributed by atoms with Gasteiger partial charge in [0.1, 0.15) is 6.54 Å². The lowest BCUT2D eigenvalue weighted by Gasteiger charge is -2.08. The molecule has 0 aliphatic carbocycles. The number of hydrogen-bond donors (Lipinski definition) is 3. The summed E-state index contributed by atoms with van der Waals surface area (Å²) in [6.45, 7) is -0.870. The number of esters is 1. The minimum absolute atomic E-state index is 0.240. The van der Waals surface area contributed by atoms with E-state index in [1.807, 2.05) is 42.5 Å². The molecular formula is C25H23N3O5. The zero-order valence-electron chi connectivity index (χ0n) is 18.0. The highest BCUT2D eigenvalue weighted by Crippen LogP contribution is 2.19. The van der Waals surface area contributed by atoms with Gasteiger partial charge in [-0.05, 0) is 47.5 Å². The van der Waals surface area contributed by atoms with Crippen LogP contribution in [-0.2, 0) is 14.3 Å². The van der Waals surface area contributed by atoms with Crippen LogP contribution in [0.4, 0.5) is 5.69 Å².